The maximum atomic E-state index is 13.7. The van der Waals surface area contributed by atoms with Gasteiger partial charge in [0.05, 0.1) is 0 Å². The van der Waals surface area contributed by atoms with Crippen molar-refractivity contribution in [2.45, 2.75) is 13.1 Å². The summed E-state index contributed by atoms with van der Waals surface area (Å²) in [6.45, 7) is 2.76. The molecule has 1 aliphatic rings. The van der Waals surface area contributed by atoms with Crippen molar-refractivity contribution in [3.63, 3.8) is 0 Å². The molecule has 2 heterocycles. The van der Waals surface area contributed by atoms with Crippen molar-refractivity contribution in [1.29, 1.82) is 0 Å². The van der Waals surface area contributed by atoms with Gasteiger partial charge in [0, 0.05) is 42.7 Å². The Hall–Kier alpha value is -1.61. The number of nitrogens with zero attached hydrogens (tertiary/aromatic N) is 1. The summed E-state index contributed by atoms with van der Waals surface area (Å²) < 4.78 is 15.9. The number of aromatic nitrogens is 1. The highest BCUT2D eigenvalue weighted by Crippen LogP contribution is 2.28. The molecule has 3 heteroatoms. The van der Waals surface area contributed by atoms with E-state index in [9.17, 15) is 4.39 Å². The minimum absolute atomic E-state index is 0.151. The minimum Gasteiger partial charge on any atom is -0.348 e. The second-order valence-corrected chi connectivity index (χ2v) is 4.03. The molecule has 0 saturated carbocycles. The standard InChI is InChI=1S/C13H13FN2/c14-12-4-2-1-3-10(12)11-5-7-16-8-6-15-9-13(11)16/h1-5,7,15H,6,8-9H2. The van der Waals surface area contributed by atoms with Gasteiger partial charge in [-0.25, -0.2) is 4.39 Å². The largest absolute Gasteiger partial charge is 0.348 e. The SMILES string of the molecule is Fc1ccccc1-c1ccn2c1CNCC2. The molecule has 2 nitrogen and oxygen atoms in total. The first kappa shape index (κ1) is 9.60. The van der Waals surface area contributed by atoms with Gasteiger partial charge < -0.3 is 9.88 Å². The fraction of sp³-hybridized carbons (Fsp3) is 0.231. The highest BCUT2D eigenvalue weighted by Gasteiger charge is 2.15. The van der Waals surface area contributed by atoms with Crippen LogP contribution < -0.4 is 5.32 Å². The zero-order chi connectivity index (χ0) is 11.0. The van der Waals surface area contributed by atoms with E-state index >= 15 is 0 Å². The van der Waals surface area contributed by atoms with Crippen molar-refractivity contribution >= 4 is 0 Å². The third kappa shape index (κ3) is 1.44. The van der Waals surface area contributed by atoms with Crippen molar-refractivity contribution in [1.82, 2.24) is 9.88 Å². The Kier molecular flexibility index (Phi) is 2.26. The van der Waals surface area contributed by atoms with Crippen LogP contribution in [-0.4, -0.2) is 11.1 Å². The minimum atomic E-state index is -0.151. The molecule has 0 fully saturated rings. The summed E-state index contributed by atoms with van der Waals surface area (Å²) in [4.78, 5) is 0. The first-order valence-corrected chi connectivity index (χ1v) is 5.50. The van der Waals surface area contributed by atoms with E-state index in [1.54, 1.807) is 6.07 Å². The topological polar surface area (TPSA) is 17.0 Å². The van der Waals surface area contributed by atoms with E-state index in [0.29, 0.717) is 5.56 Å². The first-order chi connectivity index (χ1) is 7.86. The highest BCUT2D eigenvalue weighted by molar-refractivity contribution is 5.67. The molecule has 3 rings (SSSR count). The van der Waals surface area contributed by atoms with Crippen LogP contribution in [0, 0.1) is 5.82 Å². The Morgan fingerprint density at radius 2 is 2.00 bits per heavy atom. The third-order valence-electron chi connectivity index (χ3n) is 3.06. The van der Waals surface area contributed by atoms with Gasteiger partial charge in [-0.1, -0.05) is 18.2 Å². The van der Waals surface area contributed by atoms with Crippen LogP contribution in [0.15, 0.2) is 36.5 Å². The second-order valence-electron chi connectivity index (χ2n) is 4.03. The number of fused-ring (bicyclic) bond motifs is 1. The molecular weight excluding hydrogens is 203 g/mol. The van der Waals surface area contributed by atoms with E-state index in [4.69, 9.17) is 0 Å². The second kappa shape index (κ2) is 3.76. The number of hydrogen-bond donors (Lipinski definition) is 1. The normalized spacial score (nSPS) is 14.8. The predicted molar refractivity (Wildman–Crippen MR) is 61.5 cm³/mol. The van der Waals surface area contributed by atoms with Gasteiger partial charge >= 0.3 is 0 Å². The van der Waals surface area contributed by atoms with Crippen LogP contribution in [0.5, 0.6) is 0 Å². The zero-order valence-electron chi connectivity index (χ0n) is 8.91. The first-order valence-electron chi connectivity index (χ1n) is 5.50. The summed E-state index contributed by atoms with van der Waals surface area (Å²) in [5.41, 5.74) is 2.88. The number of benzene rings is 1. The van der Waals surface area contributed by atoms with E-state index < -0.39 is 0 Å². The van der Waals surface area contributed by atoms with Gasteiger partial charge in [0.25, 0.3) is 0 Å². The fourth-order valence-corrected chi connectivity index (χ4v) is 2.24. The lowest BCUT2D eigenvalue weighted by atomic mass is 10.1. The Labute approximate surface area is 93.7 Å². The van der Waals surface area contributed by atoms with Crippen LogP contribution in [-0.2, 0) is 13.1 Å². The molecule has 0 amide bonds. The quantitative estimate of drug-likeness (QED) is 0.774. The van der Waals surface area contributed by atoms with Crippen molar-refractivity contribution in [3.8, 4) is 11.1 Å². The van der Waals surface area contributed by atoms with Crippen molar-refractivity contribution in [3.05, 3.63) is 48.0 Å². The van der Waals surface area contributed by atoms with E-state index in [2.05, 4.69) is 9.88 Å². The molecule has 1 aromatic carbocycles. The lowest BCUT2D eigenvalue weighted by Gasteiger charge is -2.18. The Morgan fingerprint density at radius 1 is 1.12 bits per heavy atom. The van der Waals surface area contributed by atoms with E-state index in [0.717, 1.165) is 25.2 Å². The number of hydrogen-bond acceptors (Lipinski definition) is 1. The average molecular weight is 216 g/mol. The van der Waals surface area contributed by atoms with Crippen molar-refractivity contribution < 1.29 is 4.39 Å². The molecular formula is C13H13FN2. The van der Waals surface area contributed by atoms with Crippen LogP contribution in [0.3, 0.4) is 0 Å². The average Bonchev–Trinajstić information content (AvgIpc) is 2.74. The van der Waals surface area contributed by atoms with Crippen molar-refractivity contribution in [2.24, 2.45) is 0 Å². The number of rotatable bonds is 1. The molecule has 16 heavy (non-hydrogen) atoms. The molecule has 82 valence electrons. The van der Waals surface area contributed by atoms with Crippen LogP contribution in [0.1, 0.15) is 5.69 Å². The number of nitrogens with one attached hydrogen (secondary N) is 1. The zero-order valence-corrected chi connectivity index (χ0v) is 8.91. The molecule has 2 aromatic rings. The smallest absolute Gasteiger partial charge is 0.131 e. The maximum Gasteiger partial charge on any atom is 0.131 e. The van der Waals surface area contributed by atoms with E-state index in [1.165, 1.54) is 11.8 Å². The summed E-state index contributed by atoms with van der Waals surface area (Å²) in [5.74, 6) is -0.151. The van der Waals surface area contributed by atoms with Gasteiger partial charge in [-0.2, -0.15) is 0 Å². The van der Waals surface area contributed by atoms with Gasteiger partial charge in [0.15, 0.2) is 0 Å². The molecule has 0 bridgehead atoms. The van der Waals surface area contributed by atoms with Crippen molar-refractivity contribution in [2.75, 3.05) is 6.54 Å². The van der Waals surface area contributed by atoms with Gasteiger partial charge in [-0.15, -0.1) is 0 Å². The van der Waals surface area contributed by atoms with Gasteiger partial charge in [0.2, 0.25) is 0 Å². The lowest BCUT2D eigenvalue weighted by molar-refractivity contribution is 0.517. The Balaban J connectivity index is 2.13. The van der Waals surface area contributed by atoms with E-state index in [1.807, 2.05) is 24.4 Å². The monoisotopic (exact) mass is 216 g/mol. The molecule has 0 unspecified atom stereocenters. The highest BCUT2D eigenvalue weighted by atomic mass is 19.1. The molecule has 0 atom stereocenters. The molecule has 0 saturated heterocycles. The summed E-state index contributed by atoms with van der Waals surface area (Å²) >= 11 is 0. The number of halogens is 1. The summed E-state index contributed by atoms with van der Waals surface area (Å²) in [5, 5.41) is 3.31. The Bertz CT molecular complexity index is 516. The van der Waals surface area contributed by atoms with Crippen LogP contribution >= 0.6 is 0 Å². The van der Waals surface area contributed by atoms with Gasteiger partial charge in [0.1, 0.15) is 5.82 Å². The molecule has 1 aliphatic heterocycles. The lowest BCUT2D eigenvalue weighted by Crippen LogP contribution is -2.27. The third-order valence-corrected chi connectivity index (χ3v) is 3.06. The van der Waals surface area contributed by atoms with Crippen LogP contribution in [0.25, 0.3) is 11.1 Å². The summed E-state index contributed by atoms with van der Waals surface area (Å²) in [6.07, 6.45) is 2.04. The van der Waals surface area contributed by atoms with Gasteiger partial charge in [-0.05, 0) is 12.1 Å². The van der Waals surface area contributed by atoms with Gasteiger partial charge in [-0.3, -0.25) is 0 Å². The fourth-order valence-electron chi connectivity index (χ4n) is 2.24. The molecule has 0 radical (unpaired) electrons. The predicted octanol–water partition coefficient (Wildman–Crippen LogP) is 2.40. The molecule has 0 spiro atoms. The molecule has 1 aromatic heterocycles. The molecule has 1 N–H and O–H groups in total. The Morgan fingerprint density at radius 3 is 2.88 bits per heavy atom. The summed E-state index contributed by atoms with van der Waals surface area (Å²) in [6, 6.07) is 8.94. The van der Waals surface area contributed by atoms with Crippen LogP contribution in [0.4, 0.5) is 4.39 Å². The maximum absolute atomic E-state index is 13.7. The van der Waals surface area contributed by atoms with Crippen LogP contribution in [0.2, 0.25) is 0 Å². The summed E-state index contributed by atoms with van der Waals surface area (Å²) in [7, 11) is 0. The van der Waals surface area contributed by atoms with E-state index in [-0.39, 0.29) is 5.82 Å². The molecule has 0 aliphatic carbocycles.